The van der Waals surface area contributed by atoms with E-state index in [1.54, 1.807) is 0 Å². The molecule has 48 heavy (non-hydrogen) atoms. The van der Waals surface area contributed by atoms with Crippen molar-refractivity contribution in [2.75, 3.05) is 0 Å². The Hall–Kier alpha value is -5.42. The number of benzene rings is 7. The zero-order valence-corrected chi connectivity index (χ0v) is 28.1. The average Bonchev–Trinajstić information content (AvgIpc) is 3.55. The van der Waals surface area contributed by atoms with Gasteiger partial charge >= 0.3 is 0 Å². The van der Waals surface area contributed by atoms with Crippen LogP contribution in [-0.4, -0.2) is 17.6 Å². The summed E-state index contributed by atoms with van der Waals surface area (Å²) in [6.07, 6.45) is 0. The molecule has 0 unspecified atom stereocenters. The highest BCUT2D eigenvalue weighted by molar-refractivity contribution is 7.98. The topological polar surface area (TPSA) is 17.8 Å². The van der Waals surface area contributed by atoms with Gasteiger partial charge in [0.1, 0.15) is 0 Å². The summed E-state index contributed by atoms with van der Waals surface area (Å²) in [6, 6.07) is 67.2. The number of thioether (sulfide) groups is 1. The van der Waals surface area contributed by atoms with Crippen molar-refractivity contribution in [2.24, 2.45) is 0 Å². The zero-order valence-electron chi connectivity index (χ0n) is 26.3. The van der Waals surface area contributed by atoms with E-state index >= 15 is 0 Å². The molecule has 2 heterocycles. The summed E-state index contributed by atoms with van der Waals surface area (Å²) in [6.45, 7) is 0. The van der Waals surface area contributed by atoms with E-state index in [1.807, 2.05) is 11.8 Å². The molecule has 0 saturated carbocycles. The smallest absolute Gasteiger partial charge is 0.179 e. The summed E-state index contributed by atoms with van der Waals surface area (Å²) in [5.41, 5.74) is 9.64. The molecule has 0 bridgehead atoms. The molecule has 1 aliphatic rings. The van der Waals surface area contributed by atoms with Crippen molar-refractivity contribution in [1.29, 1.82) is 0 Å². The number of hydrogen-bond donors (Lipinski definition) is 0. The largest absolute Gasteiger partial charge is 0.287 e. The fraction of sp³-hybridized carbons (Fsp3) is 0.0227. The molecule has 228 valence electrons. The van der Waals surface area contributed by atoms with Crippen LogP contribution in [0.15, 0.2) is 187 Å². The maximum absolute atomic E-state index is 5.03. The molecule has 0 spiro atoms. The van der Waals surface area contributed by atoms with Gasteiger partial charge in [0.2, 0.25) is 0 Å². The lowest BCUT2D eigenvalue weighted by molar-refractivity contribution is 0.894. The Morgan fingerprint density at radius 2 is 0.979 bits per heavy atom. The monoisotopic (exact) mass is 648 g/mol. The van der Waals surface area contributed by atoms with Crippen LogP contribution in [0.4, 0.5) is 0 Å². The van der Waals surface area contributed by atoms with E-state index in [9.17, 15) is 0 Å². The van der Waals surface area contributed by atoms with Crippen LogP contribution in [0.2, 0.25) is 0 Å². The normalized spacial score (nSPS) is 12.4. The Morgan fingerprint density at radius 3 is 1.65 bits per heavy atom. The fourth-order valence-electron chi connectivity index (χ4n) is 7.43. The van der Waals surface area contributed by atoms with Crippen LogP contribution in [-0.2, 0) is 5.75 Å². The molecule has 2 nitrogen and oxygen atoms in total. The van der Waals surface area contributed by atoms with E-state index in [1.165, 1.54) is 54.3 Å². The van der Waals surface area contributed by atoms with Gasteiger partial charge in [0.15, 0.2) is 13.2 Å². The second-order valence-electron chi connectivity index (χ2n) is 12.4. The third-order valence-corrected chi connectivity index (χ3v) is 15.4. The van der Waals surface area contributed by atoms with Crippen molar-refractivity contribution in [3.05, 3.63) is 188 Å². The molecule has 0 saturated heterocycles. The number of imidazole rings is 1. The number of nitrogens with zero attached hydrogens (tertiary/aromatic N) is 2. The minimum absolute atomic E-state index is 0.950. The van der Waals surface area contributed by atoms with Gasteiger partial charge in [0.05, 0.1) is 16.7 Å². The van der Waals surface area contributed by atoms with Crippen LogP contribution in [0.1, 0.15) is 5.56 Å². The molecule has 8 aromatic rings. The predicted molar refractivity (Wildman–Crippen MR) is 205 cm³/mol. The summed E-state index contributed by atoms with van der Waals surface area (Å²) < 4.78 is 2.34. The highest BCUT2D eigenvalue weighted by Crippen LogP contribution is 2.38. The van der Waals surface area contributed by atoms with Gasteiger partial charge in [-0.05, 0) is 66.8 Å². The first-order valence-electron chi connectivity index (χ1n) is 16.4. The Kier molecular flexibility index (Phi) is 7.18. The Labute approximate surface area is 286 Å². The number of para-hydroxylation sites is 1. The molecule has 0 atom stereocenters. The van der Waals surface area contributed by atoms with Gasteiger partial charge < -0.3 is 0 Å². The van der Waals surface area contributed by atoms with E-state index in [2.05, 4.69) is 187 Å². The Morgan fingerprint density at radius 1 is 0.458 bits per heavy atom. The van der Waals surface area contributed by atoms with Crippen molar-refractivity contribution in [1.82, 2.24) is 9.55 Å². The minimum atomic E-state index is -2.76. The van der Waals surface area contributed by atoms with Crippen LogP contribution >= 0.6 is 11.8 Å². The number of aromatic nitrogens is 2. The van der Waals surface area contributed by atoms with Gasteiger partial charge in [0.25, 0.3) is 0 Å². The van der Waals surface area contributed by atoms with Crippen molar-refractivity contribution in [3.63, 3.8) is 0 Å². The van der Waals surface area contributed by atoms with Crippen LogP contribution in [0, 0.1) is 0 Å². The van der Waals surface area contributed by atoms with E-state index in [0.717, 1.165) is 21.9 Å². The van der Waals surface area contributed by atoms with E-state index < -0.39 is 8.07 Å². The van der Waals surface area contributed by atoms with Crippen LogP contribution < -0.4 is 20.7 Å². The van der Waals surface area contributed by atoms with Gasteiger partial charge in [-0.1, -0.05) is 176 Å². The van der Waals surface area contributed by atoms with Crippen molar-refractivity contribution < 1.29 is 0 Å². The van der Waals surface area contributed by atoms with E-state index in [4.69, 9.17) is 4.98 Å². The van der Waals surface area contributed by atoms with Crippen LogP contribution in [0.25, 0.3) is 39.0 Å². The Balaban J connectivity index is 1.27. The molecule has 0 aliphatic carbocycles. The first-order chi connectivity index (χ1) is 23.8. The third-order valence-electron chi connectivity index (χ3n) is 9.66. The highest BCUT2D eigenvalue weighted by Gasteiger charge is 2.41. The summed E-state index contributed by atoms with van der Waals surface area (Å²) in [5.74, 6) is 0.950. The van der Waals surface area contributed by atoms with Gasteiger partial charge in [-0.2, -0.15) is 0 Å². The lowest BCUT2D eigenvalue weighted by atomic mass is 10.0. The molecule has 0 fully saturated rings. The fourth-order valence-corrected chi connectivity index (χ4v) is 13.3. The van der Waals surface area contributed by atoms with E-state index in [-0.39, 0.29) is 0 Å². The van der Waals surface area contributed by atoms with E-state index in [0.29, 0.717) is 0 Å². The molecule has 7 aromatic carbocycles. The number of hydrogen-bond acceptors (Lipinski definition) is 2. The predicted octanol–water partition coefficient (Wildman–Crippen LogP) is 8.34. The zero-order chi connectivity index (χ0) is 31.9. The summed E-state index contributed by atoms with van der Waals surface area (Å²) in [7, 11) is -2.76. The second kappa shape index (κ2) is 12.0. The molecule has 1 aliphatic heterocycles. The minimum Gasteiger partial charge on any atom is -0.287 e. The summed E-state index contributed by atoms with van der Waals surface area (Å²) in [5, 5.41) is 6.53. The summed E-state index contributed by atoms with van der Waals surface area (Å²) in [4.78, 5) is 5.03. The van der Waals surface area contributed by atoms with Crippen molar-refractivity contribution >= 4 is 51.6 Å². The van der Waals surface area contributed by atoms with Crippen molar-refractivity contribution in [2.45, 2.75) is 10.9 Å². The van der Waals surface area contributed by atoms with Crippen LogP contribution in [0.5, 0.6) is 0 Å². The molecular weight excluding hydrogens is 617 g/mol. The van der Waals surface area contributed by atoms with Gasteiger partial charge in [-0.3, -0.25) is 4.57 Å². The quantitative estimate of drug-likeness (QED) is 0.133. The third kappa shape index (κ3) is 4.76. The molecule has 0 amide bonds. The molecular formula is C44H32N2SSi. The standard InChI is InChI=1S/C44H32N2SSi/c1-4-14-32(15-5-1)33-17-12-23-39(28-33)48(37-19-6-2-7-20-37,38-21-8-3-9-22-38)40-24-13-18-34(29-40)35-26-27-41-43(30-35)46-42-25-11-10-16-36(42)31-47-44(46)45-41/h1-30H,31H2. The first kappa shape index (κ1) is 28.8. The SMILES string of the molecule is c1ccc(-c2cccc([Si](c3ccccc3)(c3ccccc3)c3cccc(-c4ccc5nc6n(c5c4)-c4ccccc4CS6)c3)c2)cc1. The van der Waals surface area contributed by atoms with Gasteiger partial charge in [-0.15, -0.1) is 0 Å². The average molecular weight is 649 g/mol. The second-order valence-corrected chi connectivity index (χ2v) is 17.1. The maximum atomic E-state index is 5.03. The summed E-state index contributed by atoms with van der Waals surface area (Å²) >= 11 is 1.81. The number of fused-ring (bicyclic) bond motifs is 5. The van der Waals surface area contributed by atoms with Gasteiger partial charge in [0, 0.05) is 5.75 Å². The molecule has 4 heteroatoms. The number of rotatable bonds is 6. The van der Waals surface area contributed by atoms with Crippen molar-refractivity contribution in [3.8, 4) is 27.9 Å². The maximum Gasteiger partial charge on any atom is 0.179 e. The molecule has 9 rings (SSSR count). The molecule has 1 aromatic heterocycles. The molecule has 0 N–H and O–H groups in total. The van der Waals surface area contributed by atoms with Gasteiger partial charge in [-0.25, -0.2) is 4.98 Å². The van der Waals surface area contributed by atoms with Crippen LogP contribution in [0.3, 0.4) is 0 Å². The molecule has 0 radical (unpaired) electrons. The Bertz CT molecular complexity index is 2360. The lowest BCUT2D eigenvalue weighted by Crippen LogP contribution is -2.74. The lowest BCUT2D eigenvalue weighted by Gasteiger charge is -2.35. The highest BCUT2D eigenvalue weighted by atomic mass is 32.2. The first-order valence-corrected chi connectivity index (χ1v) is 19.4.